The number of thiophene rings is 1. The van der Waals surface area contributed by atoms with Crippen molar-refractivity contribution in [1.29, 1.82) is 5.26 Å². The van der Waals surface area contributed by atoms with Crippen LogP contribution in [0.2, 0.25) is 0 Å². The zero-order valence-electron chi connectivity index (χ0n) is 17.6. The fourth-order valence-electron chi connectivity index (χ4n) is 3.57. The van der Waals surface area contributed by atoms with E-state index in [1.807, 2.05) is 12.1 Å². The summed E-state index contributed by atoms with van der Waals surface area (Å²) in [6.07, 6.45) is 1.64. The quantitative estimate of drug-likeness (QED) is 0.349. The molecular weight excluding hydrogens is 404 g/mol. The van der Waals surface area contributed by atoms with Gasteiger partial charge < -0.3 is 15.7 Å². The van der Waals surface area contributed by atoms with Gasteiger partial charge in [0.15, 0.2) is 0 Å². The van der Waals surface area contributed by atoms with E-state index in [1.165, 1.54) is 10.4 Å². The Balaban J connectivity index is 1.69. The highest BCUT2D eigenvalue weighted by Gasteiger charge is 2.12. The van der Waals surface area contributed by atoms with E-state index in [0.717, 1.165) is 44.8 Å². The first-order chi connectivity index (χ1) is 15.1. The Labute approximate surface area is 186 Å². The molecule has 0 unspecified atom stereocenters. The van der Waals surface area contributed by atoms with Gasteiger partial charge in [-0.15, -0.1) is 11.3 Å². The van der Waals surface area contributed by atoms with Crippen molar-refractivity contribution in [2.45, 2.75) is 20.4 Å². The molecule has 0 bridgehead atoms. The molecule has 156 valence electrons. The van der Waals surface area contributed by atoms with E-state index in [2.05, 4.69) is 71.9 Å². The van der Waals surface area contributed by atoms with Crippen LogP contribution in [-0.2, 0) is 6.54 Å². The first-order valence-electron chi connectivity index (χ1n) is 10.2. The summed E-state index contributed by atoms with van der Waals surface area (Å²) in [7, 11) is 0. The molecule has 31 heavy (non-hydrogen) atoms. The van der Waals surface area contributed by atoms with Crippen LogP contribution in [-0.4, -0.2) is 23.2 Å². The summed E-state index contributed by atoms with van der Waals surface area (Å²) in [4.78, 5) is 6.93. The molecule has 4 rings (SSSR count). The lowest BCUT2D eigenvalue weighted by molar-refractivity contribution is 0.292. The molecule has 6 heteroatoms. The maximum atomic E-state index is 9.64. The van der Waals surface area contributed by atoms with Crippen LogP contribution in [0.3, 0.4) is 0 Å². The molecule has 0 aliphatic carbocycles. The highest BCUT2D eigenvalue weighted by molar-refractivity contribution is 7.15. The largest absolute Gasteiger partial charge is 0.395 e. The second kappa shape index (κ2) is 9.27. The topological polar surface area (TPSA) is 81.0 Å². The molecule has 0 radical (unpaired) electrons. The summed E-state index contributed by atoms with van der Waals surface area (Å²) >= 11 is 1.72. The van der Waals surface area contributed by atoms with E-state index >= 15 is 0 Å². The predicted octanol–water partition coefficient (Wildman–Crippen LogP) is 5.28. The van der Waals surface area contributed by atoms with E-state index < -0.39 is 0 Å². The monoisotopic (exact) mass is 428 g/mol. The lowest BCUT2D eigenvalue weighted by Crippen LogP contribution is -2.16. The van der Waals surface area contributed by atoms with Gasteiger partial charge in [0.2, 0.25) is 0 Å². The van der Waals surface area contributed by atoms with Crippen LogP contribution in [0.5, 0.6) is 0 Å². The van der Waals surface area contributed by atoms with Crippen molar-refractivity contribution in [2.24, 2.45) is 0 Å². The van der Waals surface area contributed by atoms with Crippen molar-refractivity contribution in [3.63, 3.8) is 0 Å². The van der Waals surface area contributed by atoms with Crippen LogP contribution in [0.1, 0.15) is 21.6 Å². The maximum absolute atomic E-state index is 9.64. The number of aliphatic hydroxyl groups is 1. The van der Waals surface area contributed by atoms with Crippen molar-refractivity contribution < 1.29 is 5.11 Å². The number of hydrogen-bond donors (Lipinski definition) is 3. The molecule has 0 saturated carbocycles. The third-order valence-electron chi connectivity index (χ3n) is 5.17. The Morgan fingerprint density at radius 2 is 1.97 bits per heavy atom. The summed E-state index contributed by atoms with van der Waals surface area (Å²) in [6.45, 7) is 5.60. The summed E-state index contributed by atoms with van der Waals surface area (Å²) in [6, 6.07) is 18.9. The molecule has 0 aliphatic heterocycles. The average molecular weight is 429 g/mol. The molecule has 2 aromatic carbocycles. The summed E-state index contributed by atoms with van der Waals surface area (Å²) in [5, 5.41) is 26.2. The second-order valence-electron chi connectivity index (χ2n) is 7.50. The lowest BCUT2D eigenvalue weighted by Gasteiger charge is -2.14. The van der Waals surface area contributed by atoms with E-state index in [4.69, 9.17) is 5.11 Å². The van der Waals surface area contributed by atoms with Gasteiger partial charge in [-0.1, -0.05) is 29.8 Å². The van der Waals surface area contributed by atoms with E-state index in [1.54, 1.807) is 17.5 Å². The van der Waals surface area contributed by atoms with Gasteiger partial charge in [-0.05, 0) is 49.2 Å². The molecule has 0 atom stereocenters. The number of benzene rings is 2. The molecule has 3 N–H and O–H groups in total. The van der Waals surface area contributed by atoms with Crippen LogP contribution in [0.15, 0.2) is 54.7 Å². The Bertz CT molecular complexity index is 1270. The van der Waals surface area contributed by atoms with Crippen molar-refractivity contribution in [3.05, 3.63) is 76.3 Å². The number of pyridine rings is 1. The number of hydrogen-bond acceptors (Lipinski definition) is 6. The molecule has 5 nitrogen and oxygen atoms in total. The Hall–Kier alpha value is -3.24. The highest BCUT2D eigenvalue weighted by atomic mass is 32.1. The first-order valence-corrected chi connectivity index (χ1v) is 11.0. The zero-order valence-corrected chi connectivity index (χ0v) is 18.4. The molecule has 0 aliphatic rings. The second-order valence-corrected chi connectivity index (χ2v) is 8.67. The van der Waals surface area contributed by atoms with Crippen molar-refractivity contribution >= 4 is 33.6 Å². The minimum absolute atomic E-state index is 0.137. The number of nitrogens with zero attached hydrogens (tertiary/aromatic N) is 2. The van der Waals surface area contributed by atoms with Crippen molar-refractivity contribution in [2.75, 3.05) is 18.5 Å². The Morgan fingerprint density at radius 3 is 2.74 bits per heavy atom. The maximum Gasteiger partial charge on any atom is 0.103 e. The fraction of sp³-hybridized carbons (Fsp3) is 0.200. The van der Waals surface area contributed by atoms with Gasteiger partial charge in [0.1, 0.15) is 6.07 Å². The number of nitriles is 1. The van der Waals surface area contributed by atoms with Crippen molar-refractivity contribution in [3.8, 4) is 16.5 Å². The number of nitrogens with one attached hydrogen (secondary N) is 2. The number of aromatic nitrogens is 1. The van der Waals surface area contributed by atoms with Crippen LogP contribution >= 0.6 is 11.3 Å². The molecule has 0 amide bonds. The summed E-state index contributed by atoms with van der Waals surface area (Å²) in [5.74, 6) is 0. The predicted molar refractivity (Wildman–Crippen MR) is 128 cm³/mol. The molecule has 2 heterocycles. The molecule has 0 saturated heterocycles. The van der Waals surface area contributed by atoms with E-state index in [-0.39, 0.29) is 6.61 Å². The van der Waals surface area contributed by atoms with E-state index in [0.29, 0.717) is 12.1 Å². The molecule has 0 fully saturated rings. The minimum atomic E-state index is 0.137. The first kappa shape index (κ1) is 21.0. The van der Waals surface area contributed by atoms with Gasteiger partial charge in [-0.2, -0.15) is 5.26 Å². The average Bonchev–Trinajstić information content (AvgIpc) is 3.24. The van der Waals surface area contributed by atoms with Gasteiger partial charge in [0.05, 0.1) is 23.4 Å². The van der Waals surface area contributed by atoms with Crippen LogP contribution in [0.25, 0.3) is 21.3 Å². The third kappa shape index (κ3) is 4.59. The number of anilines is 2. The standard InChI is InChI=1S/C25H24N4OS/c1-16-3-7-22(17(2)11-16)29-25-19(13-26)14-28-23-12-18(4-6-21(23)25)24-8-5-20(31-24)15-27-9-10-30/h3-8,11-12,14,27,30H,9-10,15H2,1-2H3,(H,28,29). The molecule has 2 aromatic heterocycles. The number of aryl methyl sites for hydroxylation is 2. The fourth-order valence-corrected chi connectivity index (χ4v) is 4.55. The lowest BCUT2D eigenvalue weighted by atomic mass is 10.0. The third-order valence-corrected chi connectivity index (χ3v) is 6.30. The summed E-state index contributed by atoms with van der Waals surface area (Å²) < 4.78 is 0. The smallest absolute Gasteiger partial charge is 0.103 e. The Kier molecular flexibility index (Phi) is 6.28. The SMILES string of the molecule is Cc1ccc(Nc2c(C#N)cnc3cc(-c4ccc(CNCCO)s4)ccc23)c(C)c1. The van der Waals surface area contributed by atoms with Gasteiger partial charge in [0, 0.05) is 40.1 Å². The van der Waals surface area contributed by atoms with Crippen molar-refractivity contribution in [1.82, 2.24) is 10.3 Å². The van der Waals surface area contributed by atoms with Gasteiger partial charge in [0.25, 0.3) is 0 Å². The zero-order chi connectivity index (χ0) is 21.8. The highest BCUT2D eigenvalue weighted by Crippen LogP contribution is 2.34. The molecular formula is C25H24N4OS. The minimum Gasteiger partial charge on any atom is -0.395 e. The Morgan fingerprint density at radius 1 is 1.10 bits per heavy atom. The van der Waals surface area contributed by atoms with Gasteiger partial charge in [-0.25, -0.2) is 0 Å². The number of fused-ring (bicyclic) bond motifs is 1. The van der Waals surface area contributed by atoms with Crippen LogP contribution in [0.4, 0.5) is 11.4 Å². The number of rotatable bonds is 7. The van der Waals surface area contributed by atoms with E-state index in [9.17, 15) is 5.26 Å². The normalized spacial score (nSPS) is 10.9. The number of aliphatic hydroxyl groups excluding tert-OH is 1. The van der Waals surface area contributed by atoms with Gasteiger partial charge in [-0.3, -0.25) is 4.98 Å². The summed E-state index contributed by atoms with van der Waals surface area (Å²) in [5.41, 5.74) is 6.57. The molecule has 0 spiro atoms. The molecule has 4 aromatic rings. The van der Waals surface area contributed by atoms with Crippen LogP contribution < -0.4 is 10.6 Å². The van der Waals surface area contributed by atoms with Crippen LogP contribution in [0, 0.1) is 25.2 Å². The van der Waals surface area contributed by atoms with Gasteiger partial charge >= 0.3 is 0 Å².